The average molecular weight is 201 g/mol. The van der Waals surface area contributed by atoms with Crippen LogP contribution in [0.3, 0.4) is 0 Å². The van der Waals surface area contributed by atoms with Crippen molar-refractivity contribution in [2.45, 2.75) is 6.92 Å². The number of nitrogen functional groups attached to an aromatic ring is 1. The summed E-state index contributed by atoms with van der Waals surface area (Å²) in [7, 11) is 0. The second kappa shape index (κ2) is 3.57. The Morgan fingerprint density at radius 1 is 1.40 bits per heavy atom. The fraction of sp³-hybridized carbons (Fsp3) is 0.0909. The average Bonchev–Trinajstić information content (AvgIpc) is 2.65. The number of hydrogen-bond acceptors (Lipinski definition) is 3. The fourth-order valence-corrected chi connectivity index (χ4v) is 1.36. The van der Waals surface area contributed by atoms with Gasteiger partial charge in [0.05, 0.1) is 0 Å². The molecule has 0 amide bonds. The van der Waals surface area contributed by atoms with Crippen LogP contribution in [0, 0.1) is 6.92 Å². The third-order valence-electron chi connectivity index (χ3n) is 2.12. The van der Waals surface area contributed by atoms with Gasteiger partial charge in [0.15, 0.2) is 5.82 Å². The number of nitrogens with two attached hydrogens (primary N) is 1. The molecule has 1 heterocycles. The van der Waals surface area contributed by atoms with E-state index in [0.717, 1.165) is 5.69 Å². The Labute approximate surface area is 87.1 Å². The summed E-state index contributed by atoms with van der Waals surface area (Å²) in [5.74, 6) is 0.145. The third-order valence-corrected chi connectivity index (χ3v) is 2.12. The van der Waals surface area contributed by atoms with Gasteiger partial charge in [-0.3, -0.25) is 4.79 Å². The first-order valence-corrected chi connectivity index (χ1v) is 4.59. The number of aromatic amines is 1. The molecule has 0 unspecified atom stereocenters. The van der Waals surface area contributed by atoms with Crippen LogP contribution >= 0.6 is 0 Å². The minimum Gasteiger partial charge on any atom is -0.398 e. The summed E-state index contributed by atoms with van der Waals surface area (Å²) in [6.07, 6.45) is 1.62. The second-order valence-electron chi connectivity index (χ2n) is 3.33. The predicted molar refractivity (Wildman–Crippen MR) is 57.6 cm³/mol. The molecular weight excluding hydrogens is 190 g/mol. The van der Waals surface area contributed by atoms with Crippen LogP contribution in [0.15, 0.2) is 30.5 Å². The number of carbonyl (C=O) groups excluding carboxylic acids is 1. The molecule has 0 saturated carbocycles. The lowest BCUT2D eigenvalue weighted by Gasteiger charge is -2.01. The Morgan fingerprint density at radius 3 is 2.73 bits per heavy atom. The summed E-state index contributed by atoms with van der Waals surface area (Å²) in [6.45, 7) is 1.85. The zero-order valence-electron chi connectivity index (χ0n) is 8.32. The molecule has 4 heteroatoms. The molecule has 3 N–H and O–H groups in total. The number of para-hydroxylation sites is 1. The summed E-state index contributed by atoms with van der Waals surface area (Å²) >= 11 is 0. The number of aromatic nitrogens is 2. The van der Waals surface area contributed by atoms with E-state index in [1.807, 2.05) is 6.92 Å². The minimum absolute atomic E-state index is 0.179. The van der Waals surface area contributed by atoms with Gasteiger partial charge in [0.1, 0.15) is 0 Å². The van der Waals surface area contributed by atoms with E-state index in [9.17, 15) is 4.79 Å². The molecule has 0 atom stereocenters. The number of anilines is 1. The van der Waals surface area contributed by atoms with E-state index >= 15 is 0 Å². The van der Waals surface area contributed by atoms with Crippen LogP contribution in [0.4, 0.5) is 5.69 Å². The number of hydrogen-bond donors (Lipinski definition) is 2. The molecule has 0 aliphatic heterocycles. The maximum atomic E-state index is 11.9. The Morgan fingerprint density at radius 2 is 2.13 bits per heavy atom. The van der Waals surface area contributed by atoms with Crippen molar-refractivity contribution in [2.75, 3.05) is 5.73 Å². The van der Waals surface area contributed by atoms with Gasteiger partial charge in [-0.25, -0.2) is 4.98 Å². The molecule has 0 aliphatic carbocycles. The molecule has 0 bridgehead atoms. The van der Waals surface area contributed by atoms with E-state index in [4.69, 9.17) is 5.73 Å². The van der Waals surface area contributed by atoms with Crippen molar-refractivity contribution in [3.63, 3.8) is 0 Å². The van der Waals surface area contributed by atoms with E-state index in [2.05, 4.69) is 9.97 Å². The van der Waals surface area contributed by atoms with Gasteiger partial charge >= 0.3 is 0 Å². The lowest BCUT2D eigenvalue weighted by atomic mass is 10.1. The molecule has 0 spiro atoms. The predicted octanol–water partition coefficient (Wildman–Crippen LogP) is 1.53. The normalized spacial score (nSPS) is 10.2. The van der Waals surface area contributed by atoms with Gasteiger partial charge in [-0.05, 0) is 19.1 Å². The summed E-state index contributed by atoms with van der Waals surface area (Å²) in [5.41, 5.74) is 7.51. The van der Waals surface area contributed by atoms with E-state index in [0.29, 0.717) is 17.1 Å². The second-order valence-corrected chi connectivity index (χ2v) is 3.33. The Bertz CT molecular complexity index is 502. The first-order valence-electron chi connectivity index (χ1n) is 4.59. The van der Waals surface area contributed by atoms with Crippen LogP contribution in [0.2, 0.25) is 0 Å². The quantitative estimate of drug-likeness (QED) is 0.571. The number of ketones is 1. The molecule has 0 aliphatic rings. The molecule has 0 radical (unpaired) electrons. The standard InChI is InChI=1S/C11H11N3O/c1-7-6-13-11(14-7)10(15)8-4-2-3-5-9(8)12/h2-6H,12H2,1H3,(H,13,14). The third kappa shape index (κ3) is 1.74. The number of H-pyrrole nitrogens is 1. The summed E-state index contributed by atoms with van der Waals surface area (Å²) in [6, 6.07) is 6.96. The van der Waals surface area contributed by atoms with Crippen LogP contribution in [-0.4, -0.2) is 15.8 Å². The Balaban J connectivity index is 2.41. The molecule has 0 saturated heterocycles. The maximum absolute atomic E-state index is 11.9. The Hall–Kier alpha value is -2.10. The lowest BCUT2D eigenvalue weighted by Crippen LogP contribution is -2.06. The van der Waals surface area contributed by atoms with Crippen molar-refractivity contribution < 1.29 is 4.79 Å². The summed E-state index contributed by atoms with van der Waals surface area (Å²) in [4.78, 5) is 18.8. The van der Waals surface area contributed by atoms with Gasteiger partial charge in [0.25, 0.3) is 0 Å². The van der Waals surface area contributed by atoms with E-state index in [1.165, 1.54) is 0 Å². The number of rotatable bonds is 2. The molecule has 4 nitrogen and oxygen atoms in total. The molecule has 0 fully saturated rings. The maximum Gasteiger partial charge on any atom is 0.230 e. The van der Waals surface area contributed by atoms with Gasteiger partial charge < -0.3 is 10.7 Å². The van der Waals surface area contributed by atoms with Crippen molar-refractivity contribution in [3.8, 4) is 0 Å². The summed E-state index contributed by atoms with van der Waals surface area (Å²) in [5, 5.41) is 0. The zero-order chi connectivity index (χ0) is 10.8. The van der Waals surface area contributed by atoms with E-state index in [1.54, 1.807) is 30.5 Å². The molecule has 1 aromatic heterocycles. The number of nitrogens with zero attached hydrogens (tertiary/aromatic N) is 1. The van der Waals surface area contributed by atoms with Crippen molar-refractivity contribution in [2.24, 2.45) is 0 Å². The van der Waals surface area contributed by atoms with Gasteiger partial charge in [0, 0.05) is 23.1 Å². The number of nitrogens with one attached hydrogen (secondary N) is 1. The number of aryl methyl sites for hydroxylation is 1. The summed E-state index contributed by atoms with van der Waals surface area (Å²) < 4.78 is 0. The Kier molecular flexibility index (Phi) is 2.25. The van der Waals surface area contributed by atoms with Crippen LogP contribution in [0.25, 0.3) is 0 Å². The highest BCUT2D eigenvalue weighted by Gasteiger charge is 2.14. The molecule has 2 aromatic rings. The zero-order valence-corrected chi connectivity index (χ0v) is 8.32. The van der Waals surface area contributed by atoms with E-state index in [-0.39, 0.29) is 5.78 Å². The number of benzene rings is 1. The molecular formula is C11H11N3O. The molecule has 1 aromatic carbocycles. The van der Waals surface area contributed by atoms with Crippen molar-refractivity contribution in [1.82, 2.24) is 9.97 Å². The van der Waals surface area contributed by atoms with Gasteiger partial charge in [-0.1, -0.05) is 12.1 Å². The minimum atomic E-state index is -0.179. The number of imidazole rings is 1. The highest BCUT2D eigenvalue weighted by atomic mass is 16.1. The highest BCUT2D eigenvalue weighted by molar-refractivity contribution is 6.09. The van der Waals surface area contributed by atoms with Crippen molar-refractivity contribution in [3.05, 3.63) is 47.5 Å². The van der Waals surface area contributed by atoms with Crippen LogP contribution < -0.4 is 5.73 Å². The van der Waals surface area contributed by atoms with Crippen molar-refractivity contribution >= 4 is 11.5 Å². The lowest BCUT2D eigenvalue weighted by molar-refractivity contribution is 0.103. The van der Waals surface area contributed by atoms with Gasteiger partial charge in [0.2, 0.25) is 5.78 Å². The van der Waals surface area contributed by atoms with E-state index < -0.39 is 0 Å². The first kappa shape index (κ1) is 9.45. The highest BCUT2D eigenvalue weighted by Crippen LogP contribution is 2.14. The first-order chi connectivity index (χ1) is 7.18. The fourth-order valence-electron chi connectivity index (χ4n) is 1.36. The van der Waals surface area contributed by atoms with Crippen molar-refractivity contribution in [1.29, 1.82) is 0 Å². The van der Waals surface area contributed by atoms with Crippen LogP contribution in [0.5, 0.6) is 0 Å². The largest absolute Gasteiger partial charge is 0.398 e. The topological polar surface area (TPSA) is 71.8 Å². The SMILES string of the molecule is Cc1cnc(C(=O)c2ccccc2N)[nH]1. The van der Waals surface area contributed by atoms with Crippen LogP contribution in [0.1, 0.15) is 21.9 Å². The molecule has 76 valence electrons. The number of carbonyl (C=O) groups is 1. The van der Waals surface area contributed by atoms with Crippen LogP contribution in [-0.2, 0) is 0 Å². The van der Waals surface area contributed by atoms with Gasteiger partial charge in [-0.15, -0.1) is 0 Å². The molecule has 2 rings (SSSR count). The van der Waals surface area contributed by atoms with Gasteiger partial charge in [-0.2, -0.15) is 0 Å². The smallest absolute Gasteiger partial charge is 0.230 e. The monoisotopic (exact) mass is 201 g/mol. The molecule has 15 heavy (non-hydrogen) atoms.